The van der Waals surface area contributed by atoms with Crippen LogP contribution in [-0.2, 0) is 14.3 Å². The Balaban J connectivity index is 1.79. The van der Waals surface area contributed by atoms with Crippen molar-refractivity contribution in [2.24, 2.45) is 5.92 Å². The van der Waals surface area contributed by atoms with Crippen LogP contribution in [0.3, 0.4) is 0 Å². The maximum atomic E-state index is 13.8. The summed E-state index contributed by atoms with van der Waals surface area (Å²) < 4.78 is 30.4. The number of rotatable bonds is 11. The van der Waals surface area contributed by atoms with Gasteiger partial charge in [-0.2, -0.15) is 0 Å². The second kappa shape index (κ2) is 12.3. The highest BCUT2D eigenvalue weighted by Crippen LogP contribution is 2.41. The maximum Gasteiger partial charge on any atom is 0.308 e. The van der Waals surface area contributed by atoms with Gasteiger partial charge < -0.3 is 24.3 Å². The molecule has 0 saturated heterocycles. The van der Waals surface area contributed by atoms with Gasteiger partial charge in [0.25, 0.3) is 5.91 Å². The normalized spacial score (nSPS) is 16.9. The first kappa shape index (κ1) is 28.2. The van der Waals surface area contributed by atoms with Crippen LogP contribution < -0.4 is 14.8 Å². The number of methoxy groups -OCH3 is 1. The van der Waals surface area contributed by atoms with E-state index in [0.717, 1.165) is 36.8 Å². The van der Waals surface area contributed by atoms with Gasteiger partial charge in [0.05, 0.1) is 19.8 Å². The van der Waals surface area contributed by atoms with E-state index in [1.807, 2.05) is 19.9 Å². The molecular formula is C28H35FN2O6. The van der Waals surface area contributed by atoms with Gasteiger partial charge >= 0.3 is 5.97 Å². The summed E-state index contributed by atoms with van der Waals surface area (Å²) in [5, 5.41) is 2.66. The second-order valence-electron chi connectivity index (χ2n) is 9.86. The molecule has 2 aromatic rings. The van der Waals surface area contributed by atoms with Crippen molar-refractivity contribution >= 4 is 18.2 Å². The molecule has 1 heterocycles. The van der Waals surface area contributed by atoms with Gasteiger partial charge in [-0.25, -0.2) is 9.37 Å². The fourth-order valence-electron chi connectivity index (χ4n) is 5.04. The number of carbonyl (C=O) groups is 3. The van der Waals surface area contributed by atoms with Crippen LogP contribution in [0.1, 0.15) is 74.0 Å². The summed E-state index contributed by atoms with van der Waals surface area (Å²) in [5.41, 5.74) is 0.313. The van der Waals surface area contributed by atoms with Crippen molar-refractivity contribution in [1.29, 1.82) is 0 Å². The number of halogens is 1. The first-order valence-corrected chi connectivity index (χ1v) is 12.5. The van der Waals surface area contributed by atoms with Crippen LogP contribution in [0, 0.1) is 18.7 Å². The van der Waals surface area contributed by atoms with E-state index < -0.39 is 17.4 Å². The monoisotopic (exact) mass is 514 g/mol. The number of aromatic nitrogens is 1. The van der Waals surface area contributed by atoms with Crippen LogP contribution >= 0.6 is 0 Å². The molecule has 9 heteroatoms. The molecule has 0 bridgehead atoms. The molecule has 0 unspecified atom stereocenters. The summed E-state index contributed by atoms with van der Waals surface area (Å²) >= 11 is 0. The molecular weight excluding hydrogens is 479 g/mol. The lowest BCUT2D eigenvalue weighted by atomic mass is 9.79. The first-order valence-electron chi connectivity index (χ1n) is 12.5. The van der Waals surface area contributed by atoms with Crippen LogP contribution in [0.2, 0.25) is 0 Å². The van der Waals surface area contributed by atoms with E-state index >= 15 is 0 Å². The van der Waals surface area contributed by atoms with Gasteiger partial charge in [0.15, 0.2) is 11.4 Å². The van der Waals surface area contributed by atoms with Crippen LogP contribution in [0.25, 0.3) is 0 Å². The largest absolute Gasteiger partial charge is 0.493 e. The predicted octanol–water partition coefficient (Wildman–Crippen LogP) is 4.53. The fraction of sp³-hybridized carbons (Fsp3) is 0.500. The highest BCUT2D eigenvalue weighted by atomic mass is 19.1. The number of hydrogen-bond donors (Lipinski definition) is 1. The number of nitrogens with one attached hydrogen (secondary N) is 1. The van der Waals surface area contributed by atoms with Crippen molar-refractivity contribution in [2.75, 3.05) is 13.7 Å². The Morgan fingerprint density at radius 2 is 1.97 bits per heavy atom. The number of benzene rings is 1. The molecule has 1 aromatic heterocycles. The van der Waals surface area contributed by atoms with Gasteiger partial charge in [-0.15, -0.1) is 0 Å². The molecule has 1 aliphatic carbocycles. The number of ether oxygens (including phenoxy) is 3. The van der Waals surface area contributed by atoms with Crippen molar-refractivity contribution in [3.63, 3.8) is 0 Å². The lowest BCUT2D eigenvalue weighted by molar-refractivity contribution is -0.132. The summed E-state index contributed by atoms with van der Waals surface area (Å²) in [6, 6.07) is 6.27. The number of carbonyl (C=O) groups excluding carboxylic acids is 3. The van der Waals surface area contributed by atoms with Gasteiger partial charge in [-0.1, -0.05) is 18.9 Å². The minimum atomic E-state index is -1.39. The molecule has 0 aliphatic heterocycles. The maximum absolute atomic E-state index is 13.8. The molecule has 8 nitrogen and oxygen atoms in total. The van der Waals surface area contributed by atoms with Crippen molar-refractivity contribution in [2.45, 2.75) is 70.9 Å². The first-order chi connectivity index (χ1) is 17.6. The van der Waals surface area contributed by atoms with Crippen LogP contribution in [0.5, 0.6) is 11.5 Å². The Morgan fingerprint density at radius 1 is 1.27 bits per heavy atom. The minimum absolute atomic E-state index is 0.0188. The zero-order valence-electron chi connectivity index (χ0n) is 22.0. The minimum Gasteiger partial charge on any atom is -0.493 e. The summed E-state index contributed by atoms with van der Waals surface area (Å²) in [5.74, 6) is -1.23. The van der Waals surface area contributed by atoms with E-state index in [0.29, 0.717) is 12.2 Å². The molecule has 1 fully saturated rings. The SMILES string of the molecule is COc1ccnc(C(=O)N[C@](C)(C=O)CO[C@@H](C)[C@H](c2ccc(F)cc2C)C2CCCC2)c1OC(C)=O. The van der Waals surface area contributed by atoms with E-state index in [1.165, 1.54) is 38.4 Å². The summed E-state index contributed by atoms with van der Waals surface area (Å²) in [6.45, 7) is 6.48. The Kier molecular flexibility index (Phi) is 9.37. The van der Waals surface area contributed by atoms with Crippen LogP contribution in [0.4, 0.5) is 4.39 Å². The number of pyridine rings is 1. The molecule has 0 radical (unpaired) electrons. The van der Waals surface area contributed by atoms with Crippen LogP contribution in [-0.4, -0.2) is 48.5 Å². The smallest absolute Gasteiger partial charge is 0.308 e. The van der Waals surface area contributed by atoms with E-state index in [2.05, 4.69) is 10.3 Å². The van der Waals surface area contributed by atoms with Gasteiger partial charge in [0.2, 0.25) is 5.75 Å². The molecule has 0 spiro atoms. The van der Waals surface area contributed by atoms with Gasteiger partial charge in [0.1, 0.15) is 17.6 Å². The molecule has 1 N–H and O–H groups in total. The van der Waals surface area contributed by atoms with E-state index in [4.69, 9.17) is 14.2 Å². The van der Waals surface area contributed by atoms with E-state index in [9.17, 15) is 18.8 Å². The molecule has 37 heavy (non-hydrogen) atoms. The predicted molar refractivity (Wildman–Crippen MR) is 135 cm³/mol. The van der Waals surface area contributed by atoms with Crippen molar-refractivity contribution in [3.05, 3.63) is 53.1 Å². The quantitative estimate of drug-likeness (QED) is 0.347. The average Bonchev–Trinajstić information content (AvgIpc) is 3.38. The zero-order chi connectivity index (χ0) is 27.2. The summed E-state index contributed by atoms with van der Waals surface area (Å²) in [4.78, 5) is 40.8. The highest BCUT2D eigenvalue weighted by molar-refractivity contribution is 5.98. The van der Waals surface area contributed by atoms with Crippen molar-refractivity contribution in [3.8, 4) is 11.5 Å². The fourth-order valence-corrected chi connectivity index (χ4v) is 5.04. The lowest BCUT2D eigenvalue weighted by Crippen LogP contribution is -2.52. The molecule has 1 aromatic carbocycles. The number of aryl methyl sites for hydroxylation is 1. The molecule has 3 atom stereocenters. The Bertz CT molecular complexity index is 1130. The second-order valence-corrected chi connectivity index (χ2v) is 9.86. The van der Waals surface area contributed by atoms with Gasteiger partial charge in [-0.05, 0) is 62.8 Å². The van der Waals surface area contributed by atoms with E-state index in [1.54, 1.807) is 6.92 Å². The Hall–Kier alpha value is -3.33. The van der Waals surface area contributed by atoms with Gasteiger partial charge in [0, 0.05) is 25.1 Å². The number of nitrogens with zero attached hydrogens (tertiary/aromatic N) is 1. The number of esters is 1. The number of hydrogen-bond acceptors (Lipinski definition) is 7. The standard InChI is InChI=1S/C28H35FN2O6/c1-17-14-21(29)10-11-22(17)24(20-8-6-7-9-20)18(2)36-16-28(4,15-32)31-27(34)25-26(37-19(3)33)23(35-5)12-13-30-25/h10-15,18,20,24H,6-9,16H2,1-5H3,(H,31,34)/t18-,24-,28+/m0/s1. The molecule has 3 rings (SSSR count). The van der Waals surface area contributed by atoms with Gasteiger partial charge in [-0.3, -0.25) is 9.59 Å². The number of aldehydes is 1. The Morgan fingerprint density at radius 3 is 2.57 bits per heavy atom. The topological polar surface area (TPSA) is 104 Å². The molecule has 1 aliphatic rings. The van der Waals surface area contributed by atoms with E-state index in [-0.39, 0.29) is 41.6 Å². The third-order valence-corrected chi connectivity index (χ3v) is 6.86. The third-order valence-electron chi connectivity index (χ3n) is 6.86. The average molecular weight is 515 g/mol. The molecule has 200 valence electrons. The van der Waals surface area contributed by atoms with Crippen molar-refractivity contribution < 1.29 is 33.0 Å². The zero-order valence-corrected chi connectivity index (χ0v) is 22.0. The number of amides is 1. The van der Waals surface area contributed by atoms with Crippen LogP contribution in [0.15, 0.2) is 30.5 Å². The molecule has 1 amide bonds. The summed E-state index contributed by atoms with van der Waals surface area (Å²) in [7, 11) is 1.37. The highest BCUT2D eigenvalue weighted by Gasteiger charge is 2.35. The molecule has 1 saturated carbocycles. The summed E-state index contributed by atoms with van der Waals surface area (Å²) in [6.07, 6.45) is 6.03. The lowest BCUT2D eigenvalue weighted by Gasteiger charge is -2.33. The Labute approximate surface area is 216 Å². The third kappa shape index (κ3) is 6.91. The van der Waals surface area contributed by atoms with Crippen molar-refractivity contribution in [1.82, 2.24) is 10.3 Å².